The number of carbonyl (C=O) groups is 1. The molecule has 0 bridgehead atoms. The van der Waals surface area contributed by atoms with Gasteiger partial charge in [-0.05, 0) is 49.9 Å². The average molecular weight is 403 g/mol. The number of rotatable bonds is 10. The van der Waals surface area contributed by atoms with Gasteiger partial charge >= 0.3 is 5.97 Å². The summed E-state index contributed by atoms with van der Waals surface area (Å²) in [6.45, 7) is 5.91. The average Bonchev–Trinajstić information content (AvgIpc) is 2.67. The fraction of sp³-hybridized carbons (Fsp3) is 0.409. The van der Waals surface area contributed by atoms with E-state index in [1.807, 2.05) is 43.3 Å². The molecule has 0 aromatic heterocycles. The number of phenols is 1. The van der Waals surface area contributed by atoms with E-state index in [1.165, 1.54) is 7.11 Å². The molecule has 0 aliphatic rings. The van der Waals surface area contributed by atoms with E-state index in [0.29, 0.717) is 11.3 Å². The van der Waals surface area contributed by atoms with E-state index >= 15 is 0 Å². The number of hydrogen-bond acceptors (Lipinski definition) is 5. The summed E-state index contributed by atoms with van der Waals surface area (Å²) >= 11 is 0. The molecule has 0 aliphatic carbocycles. The molecule has 0 saturated carbocycles. The normalized spacial score (nSPS) is 12.3. The lowest BCUT2D eigenvalue weighted by Gasteiger charge is -2.17. The number of aryl methyl sites for hydroxylation is 2. The molecule has 2 aromatic carbocycles. The van der Waals surface area contributed by atoms with Crippen LogP contribution in [0.5, 0.6) is 11.5 Å². The summed E-state index contributed by atoms with van der Waals surface area (Å²) in [4.78, 5) is 11.6. The van der Waals surface area contributed by atoms with Crippen molar-refractivity contribution in [1.82, 2.24) is 5.09 Å². The predicted octanol–water partition coefficient (Wildman–Crippen LogP) is 5.14. The predicted molar refractivity (Wildman–Crippen MR) is 115 cm³/mol. The number of methoxy groups -OCH3 is 1. The van der Waals surface area contributed by atoms with Gasteiger partial charge in [-0.1, -0.05) is 49.6 Å². The highest BCUT2D eigenvalue weighted by molar-refractivity contribution is 7.30. The van der Waals surface area contributed by atoms with Crippen LogP contribution in [0.3, 0.4) is 0 Å². The van der Waals surface area contributed by atoms with Crippen LogP contribution in [0.2, 0.25) is 0 Å². The molecule has 0 amide bonds. The van der Waals surface area contributed by atoms with Crippen molar-refractivity contribution in [2.75, 3.05) is 7.11 Å². The van der Waals surface area contributed by atoms with Gasteiger partial charge in [0, 0.05) is 0 Å². The Labute approximate surface area is 169 Å². The van der Waals surface area contributed by atoms with Crippen molar-refractivity contribution in [3.8, 4) is 22.6 Å². The lowest BCUT2D eigenvalue weighted by atomic mass is 9.98. The number of ether oxygens (including phenoxy) is 1. The highest BCUT2D eigenvalue weighted by atomic mass is 31.1. The van der Waals surface area contributed by atoms with Gasteiger partial charge in [0.25, 0.3) is 0 Å². The highest BCUT2D eigenvalue weighted by Gasteiger charge is 2.16. The molecule has 0 heterocycles. The molecule has 2 rings (SSSR count). The quantitative estimate of drug-likeness (QED) is 0.327. The number of hydrogen-bond donors (Lipinski definition) is 2. The van der Waals surface area contributed by atoms with Crippen molar-refractivity contribution >= 4 is 14.9 Å². The van der Waals surface area contributed by atoms with Gasteiger partial charge in [0.2, 0.25) is 0 Å². The van der Waals surface area contributed by atoms with Crippen LogP contribution in [0.4, 0.5) is 0 Å². The molecule has 0 radical (unpaired) electrons. The van der Waals surface area contributed by atoms with Gasteiger partial charge in [0.15, 0.2) is 0 Å². The van der Waals surface area contributed by atoms with Crippen molar-refractivity contribution in [3.63, 3.8) is 0 Å². The number of benzene rings is 2. The molecule has 28 heavy (non-hydrogen) atoms. The van der Waals surface area contributed by atoms with Crippen molar-refractivity contribution < 1.29 is 19.2 Å². The fourth-order valence-electron chi connectivity index (χ4n) is 2.96. The largest absolute Gasteiger partial charge is 0.507 e. The minimum absolute atomic E-state index is 0.142. The van der Waals surface area contributed by atoms with E-state index in [1.54, 1.807) is 6.92 Å². The molecule has 152 valence electrons. The third-order valence-electron chi connectivity index (χ3n) is 4.51. The number of phenolic OH excluding ortho intramolecular Hbond substituents is 1. The third-order valence-corrected chi connectivity index (χ3v) is 5.38. The molecule has 1 unspecified atom stereocenters. The van der Waals surface area contributed by atoms with Gasteiger partial charge in [-0.15, -0.1) is 0 Å². The molecule has 2 aromatic rings. The molecule has 2 atom stereocenters. The minimum atomic E-state index is -0.466. The first kappa shape index (κ1) is 22.2. The molecule has 0 fully saturated rings. The lowest BCUT2D eigenvalue weighted by molar-refractivity contribution is -0.142. The Hall–Kier alpha value is -2.10. The number of aromatic hydroxyl groups is 1. The molecule has 6 heteroatoms. The van der Waals surface area contributed by atoms with Gasteiger partial charge in [-0.3, -0.25) is 9.88 Å². The van der Waals surface area contributed by atoms with Gasteiger partial charge in [0.1, 0.15) is 26.5 Å². The highest BCUT2D eigenvalue weighted by Crippen LogP contribution is 2.41. The maximum absolute atomic E-state index is 11.6. The van der Waals surface area contributed by atoms with Gasteiger partial charge in [-0.25, -0.2) is 0 Å². The Bertz CT molecular complexity index is 794. The first-order valence-electron chi connectivity index (χ1n) is 9.64. The first-order valence-corrected chi connectivity index (χ1v) is 10.5. The van der Waals surface area contributed by atoms with E-state index < -0.39 is 6.04 Å². The Morgan fingerprint density at radius 2 is 2.04 bits per heavy atom. The molecular formula is C22H30NO4P. The van der Waals surface area contributed by atoms with Crippen LogP contribution in [0.25, 0.3) is 11.1 Å². The number of unbranched alkanes of at least 4 members (excludes halogenated alkanes) is 2. The second-order valence-corrected chi connectivity index (χ2v) is 7.60. The van der Waals surface area contributed by atoms with Crippen molar-refractivity contribution in [3.05, 3.63) is 47.5 Å². The molecule has 0 spiro atoms. The number of esters is 1. The Kier molecular flexibility index (Phi) is 8.75. The second kappa shape index (κ2) is 11.0. The van der Waals surface area contributed by atoms with Crippen LogP contribution >= 0.6 is 8.96 Å². The summed E-state index contributed by atoms with van der Waals surface area (Å²) in [5, 5.41) is 13.7. The Balaban J connectivity index is 2.28. The van der Waals surface area contributed by atoms with Gasteiger partial charge in [-0.2, -0.15) is 0 Å². The summed E-state index contributed by atoms with van der Waals surface area (Å²) in [5.74, 6) is 0.478. The van der Waals surface area contributed by atoms with Crippen molar-refractivity contribution in [1.29, 1.82) is 0 Å². The summed E-state index contributed by atoms with van der Waals surface area (Å²) in [5.41, 5.74) is 3.72. The zero-order chi connectivity index (χ0) is 20.5. The Morgan fingerprint density at radius 1 is 1.25 bits per heavy atom. The molecule has 0 saturated heterocycles. The van der Waals surface area contributed by atoms with Crippen LogP contribution in [0, 0.1) is 6.92 Å². The maximum atomic E-state index is 11.6. The van der Waals surface area contributed by atoms with Gasteiger partial charge < -0.3 is 14.4 Å². The maximum Gasteiger partial charge on any atom is 0.322 e. The third kappa shape index (κ3) is 6.22. The fourth-order valence-corrected chi connectivity index (χ4v) is 3.58. The summed E-state index contributed by atoms with van der Waals surface area (Å²) < 4.78 is 10.7. The molecule has 5 nitrogen and oxygen atoms in total. The minimum Gasteiger partial charge on any atom is -0.507 e. The molecular weight excluding hydrogens is 373 g/mol. The summed E-state index contributed by atoms with van der Waals surface area (Å²) in [7, 11) is 1.22. The smallest absolute Gasteiger partial charge is 0.322 e. The lowest BCUT2D eigenvalue weighted by Crippen LogP contribution is -2.29. The second-order valence-electron chi connectivity index (χ2n) is 6.91. The van der Waals surface area contributed by atoms with Crippen molar-refractivity contribution in [2.24, 2.45) is 0 Å². The SMILES string of the molecule is CCCCCc1cc(O)c(-c2cccc(C)c2)c(OPN[C@@H](C)C(=O)OC)c1. The van der Waals surface area contributed by atoms with Crippen LogP contribution in [-0.2, 0) is 16.0 Å². The topological polar surface area (TPSA) is 67.8 Å². The van der Waals surface area contributed by atoms with E-state index in [4.69, 9.17) is 9.26 Å². The molecule has 2 N–H and O–H groups in total. The van der Waals surface area contributed by atoms with E-state index in [2.05, 4.69) is 12.0 Å². The van der Waals surface area contributed by atoms with E-state index in [0.717, 1.165) is 42.4 Å². The van der Waals surface area contributed by atoms with Crippen LogP contribution in [0.15, 0.2) is 36.4 Å². The Morgan fingerprint density at radius 3 is 2.71 bits per heavy atom. The monoisotopic (exact) mass is 403 g/mol. The summed E-state index contributed by atoms with van der Waals surface area (Å²) in [6.07, 6.45) is 4.25. The molecule has 0 aliphatic heterocycles. The zero-order valence-corrected chi connectivity index (χ0v) is 18.0. The van der Waals surface area contributed by atoms with Crippen LogP contribution in [0.1, 0.15) is 44.2 Å². The number of nitrogens with one attached hydrogen (secondary N) is 1. The van der Waals surface area contributed by atoms with Crippen LogP contribution < -0.4 is 9.61 Å². The number of carbonyl (C=O) groups excluding carboxylic acids is 1. The summed E-state index contributed by atoms with van der Waals surface area (Å²) in [6, 6.07) is 11.3. The standard InChI is InChI=1S/C22H30NO4P/c1-5-6-7-10-17-13-19(24)21(18-11-8-9-15(2)12-18)20(14-17)27-28-23-16(3)22(25)26-4/h8-9,11-14,16,23-24,28H,5-7,10H2,1-4H3/t16-/m0/s1. The first-order chi connectivity index (χ1) is 13.5. The van der Waals surface area contributed by atoms with Gasteiger partial charge in [0.05, 0.1) is 12.7 Å². The van der Waals surface area contributed by atoms with Crippen LogP contribution in [-0.4, -0.2) is 24.2 Å². The van der Waals surface area contributed by atoms with Crippen molar-refractivity contribution in [2.45, 2.75) is 52.5 Å². The van der Waals surface area contributed by atoms with E-state index in [9.17, 15) is 9.90 Å². The zero-order valence-electron chi connectivity index (χ0n) is 17.0. The van der Waals surface area contributed by atoms with E-state index in [-0.39, 0.29) is 20.7 Å².